The molecule has 0 aliphatic heterocycles. The van der Waals surface area contributed by atoms with Crippen molar-refractivity contribution in [2.45, 2.75) is 26.4 Å². The molecule has 1 amide bonds. The first-order valence-electron chi connectivity index (χ1n) is 6.94. The van der Waals surface area contributed by atoms with Crippen molar-refractivity contribution in [2.24, 2.45) is 0 Å². The first-order chi connectivity index (χ1) is 10.9. The summed E-state index contributed by atoms with van der Waals surface area (Å²) in [6.45, 7) is 4.39. The highest BCUT2D eigenvalue weighted by molar-refractivity contribution is 6.34. The lowest BCUT2D eigenvalue weighted by Gasteiger charge is -2.14. The van der Waals surface area contributed by atoms with Crippen LogP contribution in [0, 0.1) is 10.1 Å². The maximum atomic E-state index is 12.2. The van der Waals surface area contributed by atoms with Gasteiger partial charge in [-0.3, -0.25) is 19.6 Å². The molecule has 0 aliphatic carbocycles. The van der Waals surface area contributed by atoms with Crippen LogP contribution in [0.1, 0.15) is 13.8 Å². The number of nitrogens with zero attached hydrogens (tertiary/aromatic N) is 3. The van der Waals surface area contributed by atoms with Crippen molar-refractivity contribution in [1.29, 1.82) is 0 Å². The average Bonchev–Trinajstić information content (AvgIpc) is 2.96. The summed E-state index contributed by atoms with van der Waals surface area (Å²) in [4.78, 5) is 22.3. The number of hydrogen-bond acceptors (Lipinski definition) is 5. The number of nitrogens with one attached hydrogen (secondary N) is 2. The van der Waals surface area contributed by atoms with Gasteiger partial charge in [0.1, 0.15) is 6.04 Å². The smallest absolute Gasteiger partial charge is 0.271 e. The Morgan fingerprint density at radius 1 is 1.52 bits per heavy atom. The number of rotatable bonds is 6. The molecule has 8 nitrogen and oxygen atoms in total. The van der Waals surface area contributed by atoms with E-state index in [1.807, 2.05) is 6.92 Å². The predicted molar refractivity (Wildman–Crippen MR) is 87.7 cm³/mol. The number of benzene rings is 1. The highest BCUT2D eigenvalue weighted by Gasteiger charge is 2.16. The normalized spacial score (nSPS) is 11.8. The van der Waals surface area contributed by atoms with Gasteiger partial charge in [0.2, 0.25) is 5.91 Å². The van der Waals surface area contributed by atoms with Gasteiger partial charge < -0.3 is 10.6 Å². The van der Waals surface area contributed by atoms with Gasteiger partial charge >= 0.3 is 0 Å². The number of amides is 1. The molecule has 0 bridgehead atoms. The Labute approximate surface area is 137 Å². The number of aryl methyl sites for hydroxylation is 1. The molecule has 1 heterocycles. The Morgan fingerprint density at radius 2 is 2.26 bits per heavy atom. The van der Waals surface area contributed by atoms with Gasteiger partial charge in [-0.1, -0.05) is 11.6 Å². The van der Waals surface area contributed by atoms with Crippen LogP contribution in [-0.4, -0.2) is 26.7 Å². The number of anilines is 2. The van der Waals surface area contributed by atoms with Gasteiger partial charge in [-0.25, -0.2) is 0 Å². The number of halogens is 1. The van der Waals surface area contributed by atoms with Crippen LogP contribution in [0.4, 0.5) is 17.1 Å². The molecule has 0 spiro atoms. The third-order valence-corrected chi connectivity index (χ3v) is 3.47. The van der Waals surface area contributed by atoms with Crippen LogP contribution in [-0.2, 0) is 11.3 Å². The number of carbonyl (C=O) groups excluding carboxylic acids is 1. The maximum Gasteiger partial charge on any atom is 0.271 e. The van der Waals surface area contributed by atoms with Crippen LogP contribution in [0.2, 0.25) is 5.02 Å². The Morgan fingerprint density at radius 3 is 2.83 bits per heavy atom. The van der Waals surface area contributed by atoms with E-state index in [0.717, 1.165) is 12.2 Å². The summed E-state index contributed by atoms with van der Waals surface area (Å²) >= 11 is 5.95. The van der Waals surface area contributed by atoms with Gasteiger partial charge in [0, 0.05) is 24.9 Å². The lowest BCUT2D eigenvalue weighted by atomic mass is 10.2. The molecule has 2 aromatic rings. The van der Waals surface area contributed by atoms with Crippen molar-refractivity contribution in [3.8, 4) is 0 Å². The van der Waals surface area contributed by atoms with E-state index < -0.39 is 11.0 Å². The molecule has 2 N–H and O–H groups in total. The minimum absolute atomic E-state index is 0.110. The summed E-state index contributed by atoms with van der Waals surface area (Å²) in [5.74, 6) is -0.315. The van der Waals surface area contributed by atoms with E-state index >= 15 is 0 Å². The number of nitro benzene ring substituents is 1. The molecule has 0 aliphatic rings. The molecule has 2 rings (SSSR count). The van der Waals surface area contributed by atoms with Crippen LogP contribution >= 0.6 is 11.6 Å². The predicted octanol–water partition coefficient (Wildman–Crippen LogP) is 2.90. The third kappa shape index (κ3) is 4.19. The molecule has 1 aromatic heterocycles. The van der Waals surface area contributed by atoms with Gasteiger partial charge in [0.25, 0.3) is 5.69 Å². The van der Waals surface area contributed by atoms with Gasteiger partial charge in [-0.2, -0.15) is 5.10 Å². The number of nitro groups is 1. The molecule has 9 heteroatoms. The number of hydrogen-bond donors (Lipinski definition) is 2. The van der Waals surface area contributed by atoms with Crippen LogP contribution in [0.3, 0.4) is 0 Å². The van der Waals surface area contributed by atoms with E-state index in [2.05, 4.69) is 15.7 Å². The standard InChI is InChI=1S/C14H16ClN5O3/c1-3-19-8-10(7-16-19)17-9(2)14(21)18-13-5-4-11(20(22)23)6-12(13)15/h4-9,17H,3H2,1-2H3,(H,18,21)/t9-/m0/s1. The first-order valence-corrected chi connectivity index (χ1v) is 7.32. The molecule has 0 radical (unpaired) electrons. The molecule has 0 fully saturated rings. The fourth-order valence-corrected chi connectivity index (χ4v) is 2.11. The quantitative estimate of drug-likeness (QED) is 0.623. The van der Waals surface area contributed by atoms with Crippen molar-refractivity contribution < 1.29 is 9.72 Å². The molecular formula is C14H16ClN5O3. The molecule has 0 unspecified atom stereocenters. The van der Waals surface area contributed by atoms with E-state index in [9.17, 15) is 14.9 Å². The fourth-order valence-electron chi connectivity index (χ4n) is 1.89. The monoisotopic (exact) mass is 337 g/mol. The van der Waals surface area contributed by atoms with Crippen LogP contribution < -0.4 is 10.6 Å². The molecule has 0 saturated heterocycles. The lowest BCUT2D eigenvalue weighted by molar-refractivity contribution is -0.384. The second-order valence-electron chi connectivity index (χ2n) is 4.86. The van der Waals surface area contributed by atoms with Gasteiger partial charge in [-0.15, -0.1) is 0 Å². The molecule has 0 saturated carbocycles. The minimum Gasteiger partial charge on any atom is -0.371 e. The molecule has 1 aromatic carbocycles. The number of non-ortho nitro benzene ring substituents is 1. The number of carbonyl (C=O) groups is 1. The topological polar surface area (TPSA) is 102 Å². The highest BCUT2D eigenvalue weighted by Crippen LogP contribution is 2.26. The van der Waals surface area contributed by atoms with Gasteiger partial charge in [0.15, 0.2) is 0 Å². The van der Waals surface area contributed by atoms with Crippen LogP contribution in [0.15, 0.2) is 30.6 Å². The Kier molecular flexibility index (Phi) is 5.17. The summed E-state index contributed by atoms with van der Waals surface area (Å²) in [7, 11) is 0. The molecule has 122 valence electrons. The van der Waals surface area contributed by atoms with E-state index in [-0.39, 0.29) is 16.6 Å². The molecular weight excluding hydrogens is 322 g/mol. The van der Waals surface area contributed by atoms with Crippen LogP contribution in [0.5, 0.6) is 0 Å². The Hall–Kier alpha value is -2.61. The Bertz CT molecular complexity index is 731. The fraction of sp³-hybridized carbons (Fsp3) is 0.286. The summed E-state index contributed by atoms with van der Waals surface area (Å²) in [6, 6.07) is 3.35. The van der Waals surface area contributed by atoms with E-state index in [1.165, 1.54) is 18.2 Å². The molecule has 1 atom stereocenters. The van der Waals surface area contributed by atoms with E-state index in [1.54, 1.807) is 24.0 Å². The largest absolute Gasteiger partial charge is 0.371 e. The summed E-state index contributed by atoms with van der Waals surface area (Å²) in [5, 5.41) is 20.5. The highest BCUT2D eigenvalue weighted by atomic mass is 35.5. The van der Waals surface area contributed by atoms with Crippen molar-refractivity contribution >= 4 is 34.6 Å². The lowest BCUT2D eigenvalue weighted by Crippen LogP contribution is -2.31. The zero-order chi connectivity index (χ0) is 17.0. The van der Waals surface area contributed by atoms with E-state index in [0.29, 0.717) is 5.69 Å². The van der Waals surface area contributed by atoms with Crippen molar-refractivity contribution in [3.05, 3.63) is 45.7 Å². The summed E-state index contributed by atoms with van der Waals surface area (Å²) < 4.78 is 1.74. The van der Waals surface area contributed by atoms with Gasteiger partial charge in [-0.05, 0) is 19.9 Å². The zero-order valence-corrected chi connectivity index (χ0v) is 13.4. The summed E-state index contributed by atoms with van der Waals surface area (Å²) in [6.07, 6.45) is 3.43. The third-order valence-electron chi connectivity index (χ3n) is 3.16. The zero-order valence-electron chi connectivity index (χ0n) is 12.6. The second-order valence-corrected chi connectivity index (χ2v) is 5.27. The molecule has 23 heavy (non-hydrogen) atoms. The summed E-state index contributed by atoms with van der Waals surface area (Å²) in [5.41, 5.74) is 0.913. The second kappa shape index (κ2) is 7.10. The van der Waals surface area contributed by atoms with Crippen molar-refractivity contribution in [1.82, 2.24) is 9.78 Å². The number of aromatic nitrogens is 2. The van der Waals surface area contributed by atoms with Crippen molar-refractivity contribution in [2.75, 3.05) is 10.6 Å². The first kappa shape index (κ1) is 16.8. The van der Waals surface area contributed by atoms with Gasteiger partial charge in [0.05, 0.1) is 27.5 Å². The van der Waals surface area contributed by atoms with Crippen LogP contribution in [0.25, 0.3) is 0 Å². The maximum absolute atomic E-state index is 12.2. The van der Waals surface area contributed by atoms with Crippen molar-refractivity contribution in [3.63, 3.8) is 0 Å². The Balaban J connectivity index is 2.01. The average molecular weight is 338 g/mol. The van der Waals surface area contributed by atoms with E-state index in [4.69, 9.17) is 11.6 Å². The SMILES string of the molecule is CCn1cc(N[C@@H](C)C(=O)Nc2ccc([N+](=O)[O-])cc2Cl)cn1. The minimum atomic E-state index is -0.549.